The molecule has 4 rings (SSSR count). The molecule has 0 atom stereocenters. The molecule has 1 aliphatic heterocycles. The molecule has 6 nitrogen and oxygen atoms in total. The zero-order valence-electron chi connectivity index (χ0n) is 14.7. The van der Waals surface area contributed by atoms with Gasteiger partial charge in [0.2, 0.25) is 0 Å². The first-order valence-corrected chi connectivity index (χ1v) is 9.00. The first-order valence-electron chi connectivity index (χ1n) is 9.00. The smallest absolute Gasteiger partial charge is 0.272 e. The number of hydrogen-bond acceptors (Lipinski definition) is 4. The Kier molecular flexibility index (Phi) is 4.95. The van der Waals surface area contributed by atoms with Gasteiger partial charge in [-0.15, -0.1) is 0 Å². The van der Waals surface area contributed by atoms with Gasteiger partial charge in [0.15, 0.2) is 5.65 Å². The number of fused-ring (bicyclic) bond motifs is 1. The molecule has 6 heteroatoms. The van der Waals surface area contributed by atoms with E-state index < -0.39 is 0 Å². The molecule has 1 N–H and O–H groups in total. The Morgan fingerprint density at radius 2 is 1.81 bits per heavy atom. The van der Waals surface area contributed by atoms with Crippen molar-refractivity contribution in [1.29, 1.82) is 0 Å². The average molecular weight is 349 g/mol. The van der Waals surface area contributed by atoms with Gasteiger partial charge in [-0.25, -0.2) is 9.50 Å². The lowest BCUT2D eigenvalue weighted by atomic mass is 10.2. The average Bonchev–Trinajstić information content (AvgIpc) is 3.13. The minimum atomic E-state index is -0.0558. The van der Waals surface area contributed by atoms with Crippen molar-refractivity contribution < 1.29 is 0 Å². The van der Waals surface area contributed by atoms with Gasteiger partial charge in [0.05, 0.1) is 5.69 Å². The minimum Gasteiger partial charge on any atom is -0.297 e. The molecule has 0 bridgehead atoms. The number of aromatic amines is 1. The van der Waals surface area contributed by atoms with Gasteiger partial charge < -0.3 is 0 Å². The molecule has 3 aromatic rings. The Balaban J connectivity index is 1.29. The first-order chi connectivity index (χ1) is 12.8. The summed E-state index contributed by atoms with van der Waals surface area (Å²) in [5.41, 5.74) is 2.70. The van der Waals surface area contributed by atoms with Crippen molar-refractivity contribution in [3.8, 4) is 0 Å². The third kappa shape index (κ3) is 3.92. The zero-order chi connectivity index (χ0) is 17.8. The molecule has 2 aromatic heterocycles. The van der Waals surface area contributed by atoms with Crippen LogP contribution >= 0.6 is 0 Å². The molecule has 1 fully saturated rings. The molecule has 0 spiro atoms. The minimum absolute atomic E-state index is 0.0558. The van der Waals surface area contributed by atoms with Crippen LogP contribution in [0.2, 0.25) is 0 Å². The maximum absolute atomic E-state index is 12.0. The van der Waals surface area contributed by atoms with Crippen molar-refractivity contribution >= 4 is 11.7 Å². The second-order valence-electron chi connectivity index (χ2n) is 6.63. The van der Waals surface area contributed by atoms with Gasteiger partial charge in [-0.2, -0.15) is 0 Å². The van der Waals surface area contributed by atoms with Gasteiger partial charge in [-0.1, -0.05) is 42.5 Å². The van der Waals surface area contributed by atoms with Gasteiger partial charge in [0, 0.05) is 57.6 Å². The topological polar surface area (TPSA) is 56.6 Å². The lowest BCUT2D eigenvalue weighted by molar-refractivity contribution is 0.136. The van der Waals surface area contributed by atoms with E-state index in [4.69, 9.17) is 0 Å². The third-order valence-corrected chi connectivity index (χ3v) is 4.76. The monoisotopic (exact) mass is 349 g/mol. The lowest BCUT2D eigenvalue weighted by Crippen LogP contribution is -2.46. The second-order valence-corrected chi connectivity index (χ2v) is 6.63. The van der Waals surface area contributed by atoms with E-state index in [1.54, 1.807) is 12.3 Å². The molecule has 0 saturated carbocycles. The van der Waals surface area contributed by atoms with Crippen molar-refractivity contribution in [3.05, 3.63) is 76.3 Å². The highest BCUT2D eigenvalue weighted by Gasteiger charge is 2.17. The van der Waals surface area contributed by atoms with E-state index in [0.29, 0.717) is 5.65 Å². The van der Waals surface area contributed by atoms with Crippen molar-refractivity contribution in [2.24, 2.45) is 0 Å². The highest BCUT2D eigenvalue weighted by molar-refractivity contribution is 5.48. The number of H-pyrrole nitrogens is 1. The van der Waals surface area contributed by atoms with Crippen LogP contribution in [0.25, 0.3) is 11.7 Å². The quantitative estimate of drug-likeness (QED) is 0.764. The summed E-state index contributed by atoms with van der Waals surface area (Å²) in [4.78, 5) is 21.4. The lowest BCUT2D eigenvalue weighted by Gasteiger charge is -2.33. The SMILES string of the molecule is O=c1cc(CN2CCN(CC=Cc3ccccc3)CC2)nc2cc[nH]n12. The summed E-state index contributed by atoms with van der Waals surface area (Å²) >= 11 is 0. The van der Waals surface area contributed by atoms with E-state index in [-0.39, 0.29) is 5.56 Å². The summed E-state index contributed by atoms with van der Waals surface area (Å²) in [5.74, 6) is 0. The molecule has 1 aromatic carbocycles. The molecule has 26 heavy (non-hydrogen) atoms. The zero-order valence-corrected chi connectivity index (χ0v) is 14.7. The summed E-state index contributed by atoms with van der Waals surface area (Å²) < 4.78 is 1.46. The Labute approximate surface area is 152 Å². The Bertz CT molecular complexity index is 935. The normalized spacial score (nSPS) is 16.6. The number of aromatic nitrogens is 3. The summed E-state index contributed by atoms with van der Waals surface area (Å²) in [7, 11) is 0. The summed E-state index contributed by atoms with van der Waals surface area (Å²) in [6.07, 6.45) is 6.14. The molecule has 0 unspecified atom stereocenters. The molecule has 1 aliphatic rings. The molecule has 0 radical (unpaired) electrons. The standard InChI is InChI=1S/C20H23N5O/c26-20-15-18(22-19-8-9-21-25(19)20)16-24-13-11-23(12-14-24)10-4-7-17-5-2-1-3-6-17/h1-9,15,21H,10-14,16H2. The van der Waals surface area contributed by atoms with E-state index >= 15 is 0 Å². The maximum atomic E-state index is 12.0. The largest absolute Gasteiger partial charge is 0.297 e. The highest BCUT2D eigenvalue weighted by Crippen LogP contribution is 2.08. The highest BCUT2D eigenvalue weighted by atomic mass is 16.1. The summed E-state index contributed by atoms with van der Waals surface area (Å²) in [6, 6.07) is 13.8. The van der Waals surface area contributed by atoms with Crippen LogP contribution in [0.4, 0.5) is 0 Å². The van der Waals surface area contributed by atoms with E-state index in [2.05, 4.69) is 56.3 Å². The molecule has 3 heterocycles. The van der Waals surface area contributed by atoms with E-state index in [9.17, 15) is 4.79 Å². The molecular formula is C20H23N5O. The van der Waals surface area contributed by atoms with E-state index in [0.717, 1.165) is 45.0 Å². The van der Waals surface area contributed by atoms with Crippen LogP contribution in [0.3, 0.4) is 0 Å². The fourth-order valence-corrected chi connectivity index (χ4v) is 3.32. The predicted molar refractivity (Wildman–Crippen MR) is 103 cm³/mol. The predicted octanol–water partition coefficient (Wildman–Crippen LogP) is 1.85. The molecule has 1 saturated heterocycles. The Hall–Kier alpha value is -2.70. The van der Waals surface area contributed by atoms with Gasteiger partial charge in [-0.05, 0) is 5.56 Å². The molecule has 134 valence electrons. The third-order valence-electron chi connectivity index (χ3n) is 4.76. The number of nitrogens with one attached hydrogen (secondary N) is 1. The van der Waals surface area contributed by atoms with Crippen LogP contribution in [0, 0.1) is 0 Å². The fraction of sp³-hybridized carbons (Fsp3) is 0.300. The van der Waals surface area contributed by atoms with Crippen LogP contribution in [-0.2, 0) is 6.54 Å². The van der Waals surface area contributed by atoms with Crippen molar-refractivity contribution in [2.75, 3.05) is 32.7 Å². The van der Waals surface area contributed by atoms with Crippen molar-refractivity contribution in [1.82, 2.24) is 24.4 Å². The number of rotatable bonds is 5. The Morgan fingerprint density at radius 3 is 2.62 bits per heavy atom. The van der Waals surface area contributed by atoms with Gasteiger partial charge in [0.25, 0.3) is 5.56 Å². The molecule has 0 aliphatic carbocycles. The first kappa shape index (κ1) is 16.8. The Morgan fingerprint density at radius 1 is 1.04 bits per heavy atom. The van der Waals surface area contributed by atoms with Crippen molar-refractivity contribution in [3.63, 3.8) is 0 Å². The number of piperazine rings is 1. The van der Waals surface area contributed by atoms with E-state index in [1.807, 2.05) is 12.1 Å². The molecular weight excluding hydrogens is 326 g/mol. The maximum Gasteiger partial charge on any atom is 0.272 e. The summed E-state index contributed by atoms with van der Waals surface area (Å²) in [5, 5.41) is 2.87. The van der Waals surface area contributed by atoms with Crippen LogP contribution in [-0.4, -0.2) is 57.1 Å². The number of nitrogens with zero attached hydrogens (tertiary/aromatic N) is 4. The molecule has 0 amide bonds. The van der Waals surface area contributed by atoms with Crippen LogP contribution in [0.1, 0.15) is 11.3 Å². The van der Waals surface area contributed by atoms with Gasteiger partial charge >= 0.3 is 0 Å². The van der Waals surface area contributed by atoms with Crippen molar-refractivity contribution in [2.45, 2.75) is 6.54 Å². The second kappa shape index (κ2) is 7.68. The van der Waals surface area contributed by atoms with Crippen LogP contribution < -0.4 is 5.56 Å². The van der Waals surface area contributed by atoms with Gasteiger partial charge in [-0.3, -0.25) is 19.7 Å². The van der Waals surface area contributed by atoms with E-state index in [1.165, 1.54) is 10.1 Å². The fourth-order valence-electron chi connectivity index (χ4n) is 3.32. The number of hydrogen-bond donors (Lipinski definition) is 1. The number of benzene rings is 1. The van der Waals surface area contributed by atoms with Gasteiger partial charge in [0.1, 0.15) is 0 Å². The summed E-state index contributed by atoms with van der Waals surface area (Å²) in [6.45, 7) is 5.75. The van der Waals surface area contributed by atoms with Crippen LogP contribution in [0.15, 0.2) is 59.5 Å². The van der Waals surface area contributed by atoms with Crippen LogP contribution in [0.5, 0.6) is 0 Å².